The van der Waals surface area contributed by atoms with Gasteiger partial charge in [-0.15, -0.1) is 0 Å². The molecule has 4 nitrogen and oxygen atoms in total. The summed E-state index contributed by atoms with van der Waals surface area (Å²) in [5.41, 5.74) is 0. The first kappa shape index (κ1) is 57.8. The molecule has 0 fully saturated rings. The summed E-state index contributed by atoms with van der Waals surface area (Å²) in [5, 5.41) is 23.1. The molecule has 3 N–H and O–H groups in total. The summed E-state index contributed by atoms with van der Waals surface area (Å²) in [5.74, 6) is -0.0791. The molecule has 0 heterocycles. The average molecular weight is 836 g/mol. The molecule has 0 radical (unpaired) electrons. The van der Waals surface area contributed by atoms with Crippen LogP contribution in [0.15, 0.2) is 72.9 Å². The monoisotopic (exact) mass is 836 g/mol. The van der Waals surface area contributed by atoms with E-state index in [-0.39, 0.29) is 12.5 Å². The molecule has 0 spiro atoms. The fourth-order valence-corrected chi connectivity index (χ4v) is 7.72. The molecule has 0 aliphatic carbocycles. The maximum Gasteiger partial charge on any atom is 0.220 e. The molecular weight excluding hydrogens is 735 g/mol. The zero-order valence-corrected chi connectivity index (χ0v) is 40.0. The van der Waals surface area contributed by atoms with Crippen LogP contribution in [-0.2, 0) is 4.79 Å². The lowest BCUT2D eigenvalue weighted by Gasteiger charge is -2.19. The molecule has 0 rings (SSSR count). The molecule has 1 amide bonds. The van der Waals surface area contributed by atoms with E-state index < -0.39 is 12.1 Å². The van der Waals surface area contributed by atoms with E-state index >= 15 is 0 Å². The quantitative estimate of drug-likeness (QED) is 0.0422. The lowest BCUT2D eigenvalue weighted by atomic mass is 10.0. The minimum atomic E-state index is -0.868. The molecule has 0 saturated carbocycles. The fraction of sp³-hybridized carbons (Fsp3) is 0.768. The van der Waals surface area contributed by atoms with Gasteiger partial charge in [-0.05, 0) is 70.6 Å². The predicted octanol–water partition coefficient (Wildman–Crippen LogP) is 17.0. The van der Waals surface area contributed by atoms with E-state index in [0.717, 1.165) is 57.8 Å². The third-order valence-corrected chi connectivity index (χ3v) is 11.7. The van der Waals surface area contributed by atoms with E-state index in [2.05, 4.69) is 79.9 Å². The van der Waals surface area contributed by atoms with Gasteiger partial charge in [0.15, 0.2) is 0 Å². The van der Waals surface area contributed by atoms with Crippen molar-refractivity contribution in [2.24, 2.45) is 0 Å². The van der Waals surface area contributed by atoms with E-state index in [1.54, 1.807) is 6.08 Å². The normalized spacial score (nSPS) is 13.5. The molecule has 0 bridgehead atoms. The number of aliphatic hydroxyl groups excluding tert-OH is 2. The van der Waals surface area contributed by atoms with Crippen LogP contribution in [0.4, 0.5) is 0 Å². The van der Waals surface area contributed by atoms with Crippen molar-refractivity contribution in [2.45, 2.75) is 270 Å². The summed E-state index contributed by atoms with van der Waals surface area (Å²) in [4.78, 5) is 12.4. The van der Waals surface area contributed by atoms with Crippen molar-refractivity contribution < 1.29 is 15.0 Å². The molecule has 0 aliphatic heterocycles. The third kappa shape index (κ3) is 46.9. The molecular formula is C56H101NO3. The van der Waals surface area contributed by atoms with Crippen LogP contribution in [-0.4, -0.2) is 34.9 Å². The molecule has 0 aromatic heterocycles. The smallest absolute Gasteiger partial charge is 0.220 e. The van der Waals surface area contributed by atoms with Crippen molar-refractivity contribution in [2.75, 3.05) is 6.61 Å². The van der Waals surface area contributed by atoms with Crippen molar-refractivity contribution >= 4 is 5.91 Å². The van der Waals surface area contributed by atoms with Gasteiger partial charge in [-0.3, -0.25) is 4.79 Å². The van der Waals surface area contributed by atoms with Crippen molar-refractivity contribution in [3.05, 3.63) is 72.9 Å². The Morgan fingerprint density at radius 1 is 0.417 bits per heavy atom. The second-order valence-corrected chi connectivity index (χ2v) is 17.6. The number of allylic oxidation sites excluding steroid dienone is 11. The fourth-order valence-electron chi connectivity index (χ4n) is 7.72. The average Bonchev–Trinajstić information content (AvgIpc) is 3.25. The number of amides is 1. The molecule has 348 valence electrons. The van der Waals surface area contributed by atoms with Gasteiger partial charge in [-0.25, -0.2) is 0 Å². The zero-order valence-electron chi connectivity index (χ0n) is 40.0. The van der Waals surface area contributed by atoms with Crippen molar-refractivity contribution in [3.63, 3.8) is 0 Å². The number of aliphatic hydroxyl groups is 2. The Hall–Kier alpha value is -2.17. The molecule has 2 atom stereocenters. The highest BCUT2D eigenvalue weighted by molar-refractivity contribution is 5.76. The summed E-state index contributed by atoms with van der Waals surface area (Å²) in [6.45, 7) is 4.20. The van der Waals surface area contributed by atoms with Crippen LogP contribution in [0.3, 0.4) is 0 Å². The number of nitrogens with one attached hydrogen (secondary N) is 1. The minimum Gasteiger partial charge on any atom is -0.394 e. The van der Waals surface area contributed by atoms with Gasteiger partial charge in [-0.2, -0.15) is 0 Å². The molecule has 2 unspecified atom stereocenters. The Morgan fingerprint density at radius 2 is 0.750 bits per heavy atom. The van der Waals surface area contributed by atoms with Gasteiger partial charge in [0.1, 0.15) is 0 Å². The number of carbonyl (C=O) groups is 1. The molecule has 0 aromatic rings. The van der Waals surface area contributed by atoms with E-state index in [1.807, 2.05) is 6.08 Å². The Kier molecular flexibility index (Phi) is 49.3. The maximum atomic E-state index is 12.4. The van der Waals surface area contributed by atoms with Crippen molar-refractivity contribution in [3.8, 4) is 0 Å². The van der Waals surface area contributed by atoms with Crippen LogP contribution < -0.4 is 5.32 Å². The van der Waals surface area contributed by atoms with Gasteiger partial charge in [0.05, 0.1) is 18.8 Å². The van der Waals surface area contributed by atoms with Gasteiger partial charge in [0, 0.05) is 6.42 Å². The SMILES string of the molecule is CC/C=C\C/C=C\C/C=C\C/C=C\CCCCCCCCCCCCC(=O)NC(CO)C(O)/C=C/CC/C=C/CCCCCCCCCCCCCCCCCCCCC. The first-order valence-electron chi connectivity index (χ1n) is 26.2. The number of rotatable bonds is 47. The molecule has 4 heteroatoms. The third-order valence-electron chi connectivity index (χ3n) is 11.7. The van der Waals surface area contributed by atoms with Gasteiger partial charge in [0.2, 0.25) is 5.91 Å². The molecule has 0 aliphatic rings. The second-order valence-electron chi connectivity index (χ2n) is 17.6. The summed E-state index contributed by atoms with van der Waals surface area (Å²) in [6.07, 6.45) is 73.3. The number of unbranched alkanes of at least 4 members (excludes halogenated alkanes) is 30. The highest BCUT2D eigenvalue weighted by Crippen LogP contribution is 2.16. The lowest BCUT2D eigenvalue weighted by molar-refractivity contribution is -0.123. The summed E-state index contributed by atoms with van der Waals surface area (Å²) in [6, 6.07) is -0.646. The van der Waals surface area contributed by atoms with Gasteiger partial charge in [-0.1, -0.05) is 254 Å². The Balaban J connectivity index is 3.58. The van der Waals surface area contributed by atoms with Gasteiger partial charge >= 0.3 is 0 Å². The summed E-state index contributed by atoms with van der Waals surface area (Å²) in [7, 11) is 0. The Labute approximate surface area is 374 Å². The van der Waals surface area contributed by atoms with Crippen LogP contribution in [0, 0.1) is 0 Å². The summed E-state index contributed by atoms with van der Waals surface area (Å²) >= 11 is 0. The van der Waals surface area contributed by atoms with Crippen molar-refractivity contribution in [1.29, 1.82) is 0 Å². The second kappa shape index (κ2) is 51.2. The van der Waals surface area contributed by atoms with Gasteiger partial charge in [0.25, 0.3) is 0 Å². The minimum absolute atomic E-state index is 0.0791. The highest BCUT2D eigenvalue weighted by Gasteiger charge is 2.17. The number of hydrogen-bond donors (Lipinski definition) is 3. The highest BCUT2D eigenvalue weighted by atomic mass is 16.3. The van der Waals surface area contributed by atoms with Crippen molar-refractivity contribution in [1.82, 2.24) is 5.32 Å². The van der Waals surface area contributed by atoms with E-state index in [4.69, 9.17) is 0 Å². The maximum absolute atomic E-state index is 12.4. The summed E-state index contributed by atoms with van der Waals surface area (Å²) < 4.78 is 0. The topological polar surface area (TPSA) is 69.6 Å². The van der Waals surface area contributed by atoms with E-state index in [0.29, 0.717) is 6.42 Å². The van der Waals surface area contributed by atoms with Crippen LogP contribution in [0.1, 0.15) is 258 Å². The Bertz CT molecular complexity index is 1040. The molecule has 0 saturated heterocycles. The largest absolute Gasteiger partial charge is 0.394 e. The molecule has 0 aromatic carbocycles. The predicted molar refractivity (Wildman–Crippen MR) is 267 cm³/mol. The Morgan fingerprint density at radius 3 is 1.17 bits per heavy atom. The van der Waals surface area contributed by atoms with E-state index in [9.17, 15) is 15.0 Å². The van der Waals surface area contributed by atoms with Crippen LogP contribution in [0.2, 0.25) is 0 Å². The number of hydrogen-bond acceptors (Lipinski definition) is 3. The van der Waals surface area contributed by atoms with Crippen LogP contribution >= 0.6 is 0 Å². The van der Waals surface area contributed by atoms with Crippen LogP contribution in [0.5, 0.6) is 0 Å². The first-order valence-corrected chi connectivity index (χ1v) is 26.2. The standard InChI is InChI=1S/C56H101NO3/c1-3-5-7-9-11-13-15-17-19-21-23-25-27-28-30-31-33-35-37-39-41-43-45-47-49-51-55(59)54(53-58)57-56(60)52-50-48-46-44-42-40-38-36-34-32-29-26-24-22-20-18-16-14-12-10-8-6-4-2/h6,8,12,14,18,20,24,26,41,43,49,51,54-55,58-59H,3-5,7,9-11,13,15-17,19,21-23,25,27-40,42,44-48,50,52-53H2,1-2H3,(H,57,60)/b8-6-,14-12-,20-18-,26-24-,43-41+,51-49+. The van der Waals surface area contributed by atoms with Crippen LogP contribution in [0.25, 0.3) is 0 Å². The number of carbonyl (C=O) groups excluding carboxylic acids is 1. The zero-order chi connectivity index (χ0) is 43.5. The lowest BCUT2D eigenvalue weighted by Crippen LogP contribution is -2.45. The first-order chi connectivity index (χ1) is 29.7. The van der Waals surface area contributed by atoms with Gasteiger partial charge < -0.3 is 15.5 Å². The van der Waals surface area contributed by atoms with E-state index in [1.165, 1.54) is 180 Å². The molecule has 60 heavy (non-hydrogen) atoms.